The lowest BCUT2D eigenvalue weighted by Gasteiger charge is -2.34. The molecule has 0 spiro atoms. The van der Waals surface area contributed by atoms with Crippen molar-refractivity contribution in [1.29, 1.82) is 0 Å². The predicted molar refractivity (Wildman–Crippen MR) is 92.9 cm³/mol. The van der Waals surface area contributed by atoms with Crippen molar-refractivity contribution in [2.75, 3.05) is 38.1 Å². The van der Waals surface area contributed by atoms with Crippen molar-refractivity contribution in [2.24, 2.45) is 0 Å². The van der Waals surface area contributed by atoms with Gasteiger partial charge in [-0.25, -0.2) is 0 Å². The molecule has 0 aliphatic carbocycles. The largest absolute Gasteiger partial charge is 0.369 e. The van der Waals surface area contributed by atoms with Gasteiger partial charge in [0.15, 0.2) is 0 Å². The van der Waals surface area contributed by atoms with E-state index >= 15 is 0 Å². The lowest BCUT2D eigenvalue weighted by molar-refractivity contribution is 0.313. The van der Waals surface area contributed by atoms with Crippen molar-refractivity contribution in [1.82, 2.24) is 4.90 Å². The third-order valence-corrected chi connectivity index (χ3v) is 3.43. The van der Waals surface area contributed by atoms with E-state index in [-0.39, 0.29) is 0 Å². The molecule has 1 saturated heterocycles. The van der Waals surface area contributed by atoms with Gasteiger partial charge >= 0.3 is 0 Å². The summed E-state index contributed by atoms with van der Waals surface area (Å²) in [6.07, 6.45) is 0. The highest BCUT2D eigenvalue weighted by Gasteiger charge is 2.13. The van der Waals surface area contributed by atoms with Crippen molar-refractivity contribution < 1.29 is 0 Å². The van der Waals surface area contributed by atoms with Crippen LogP contribution in [-0.2, 0) is 0 Å². The van der Waals surface area contributed by atoms with Gasteiger partial charge in [0.05, 0.1) is 0 Å². The van der Waals surface area contributed by atoms with Crippen molar-refractivity contribution in [3.8, 4) is 0 Å². The Bertz CT molecular complexity index is 322. The summed E-state index contributed by atoms with van der Waals surface area (Å²) in [7, 11) is 2.19. The van der Waals surface area contributed by atoms with E-state index in [1.54, 1.807) is 0 Å². The SMILES string of the molecule is CC.CC.CC(C)c1ccc(N2CCN(C)CC2)cc1. The lowest BCUT2D eigenvalue weighted by Crippen LogP contribution is -2.44. The Balaban J connectivity index is 0.000000829. The smallest absolute Gasteiger partial charge is 0.0367 e. The fourth-order valence-electron chi connectivity index (χ4n) is 2.13. The van der Waals surface area contributed by atoms with E-state index in [1.807, 2.05) is 27.7 Å². The Morgan fingerprint density at radius 2 is 1.25 bits per heavy atom. The molecule has 1 aromatic rings. The molecule has 1 fully saturated rings. The van der Waals surface area contributed by atoms with Gasteiger partial charge < -0.3 is 9.80 Å². The summed E-state index contributed by atoms with van der Waals surface area (Å²) in [5, 5.41) is 0. The van der Waals surface area contributed by atoms with Crippen molar-refractivity contribution in [3.05, 3.63) is 29.8 Å². The zero-order valence-corrected chi connectivity index (χ0v) is 14.6. The number of nitrogens with zero attached hydrogens (tertiary/aromatic N) is 2. The summed E-state index contributed by atoms with van der Waals surface area (Å²) in [5.41, 5.74) is 2.80. The van der Waals surface area contributed by atoms with E-state index in [0.717, 1.165) is 13.1 Å². The molecule has 116 valence electrons. The normalized spacial score (nSPS) is 15.1. The molecule has 0 aromatic heterocycles. The Kier molecular flexibility index (Phi) is 10.2. The van der Waals surface area contributed by atoms with Crippen LogP contribution in [0.4, 0.5) is 5.69 Å². The highest BCUT2D eigenvalue weighted by Crippen LogP contribution is 2.20. The minimum atomic E-state index is 0.626. The number of anilines is 1. The van der Waals surface area contributed by atoms with Gasteiger partial charge in [-0.3, -0.25) is 0 Å². The molecule has 2 nitrogen and oxygen atoms in total. The topological polar surface area (TPSA) is 6.48 Å². The first-order chi connectivity index (χ1) is 9.66. The molecule has 20 heavy (non-hydrogen) atoms. The average Bonchev–Trinajstić information content (AvgIpc) is 2.52. The van der Waals surface area contributed by atoms with Crippen LogP contribution in [0.25, 0.3) is 0 Å². The van der Waals surface area contributed by atoms with Gasteiger partial charge in [-0.1, -0.05) is 53.7 Å². The molecule has 2 heteroatoms. The Morgan fingerprint density at radius 3 is 1.65 bits per heavy atom. The molecule has 0 atom stereocenters. The fraction of sp³-hybridized carbons (Fsp3) is 0.667. The lowest BCUT2D eigenvalue weighted by atomic mass is 10.0. The summed E-state index contributed by atoms with van der Waals surface area (Å²) >= 11 is 0. The summed E-state index contributed by atoms with van der Waals surface area (Å²) in [4.78, 5) is 4.86. The van der Waals surface area contributed by atoms with Crippen LogP contribution in [0.2, 0.25) is 0 Å². The number of benzene rings is 1. The Hall–Kier alpha value is -1.02. The molecule has 0 saturated carbocycles. The van der Waals surface area contributed by atoms with Crippen molar-refractivity contribution in [3.63, 3.8) is 0 Å². The molecule has 0 amide bonds. The average molecular weight is 278 g/mol. The molecule has 1 aromatic carbocycles. The molecule has 0 radical (unpaired) electrons. The van der Waals surface area contributed by atoms with Gasteiger partial charge in [-0.2, -0.15) is 0 Å². The highest BCUT2D eigenvalue weighted by molar-refractivity contribution is 5.48. The van der Waals surface area contributed by atoms with Crippen LogP contribution < -0.4 is 4.90 Å². The first-order valence-corrected chi connectivity index (χ1v) is 8.20. The van der Waals surface area contributed by atoms with Gasteiger partial charge in [0.25, 0.3) is 0 Å². The van der Waals surface area contributed by atoms with E-state index in [0.29, 0.717) is 5.92 Å². The second-order valence-corrected chi connectivity index (χ2v) is 5.04. The van der Waals surface area contributed by atoms with E-state index in [2.05, 4.69) is 55.0 Å². The Morgan fingerprint density at radius 1 is 0.800 bits per heavy atom. The summed E-state index contributed by atoms with van der Waals surface area (Å²) in [6, 6.07) is 9.05. The summed E-state index contributed by atoms with van der Waals surface area (Å²) in [6.45, 7) is 17.1. The van der Waals surface area contributed by atoms with Crippen LogP contribution in [0.3, 0.4) is 0 Å². The van der Waals surface area contributed by atoms with Crippen LogP contribution in [0.15, 0.2) is 24.3 Å². The van der Waals surface area contributed by atoms with E-state index in [9.17, 15) is 0 Å². The maximum Gasteiger partial charge on any atom is 0.0367 e. The fourth-order valence-corrected chi connectivity index (χ4v) is 2.13. The van der Waals surface area contributed by atoms with E-state index < -0.39 is 0 Å². The van der Waals surface area contributed by atoms with Gasteiger partial charge in [-0.05, 0) is 30.7 Å². The van der Waals surface area contributed by atoms with Gasteiger partial charge in [0, 0.05) is 31.9 Å². The van der Waals surface area contributed by atoms with Crippen LogP contribution in [-0.4, -0.2) is 38.1 Å². The first-order valence-electron chi connectivity index (χ1n) is 8.20. The first kappa shape index (κ1) is 19.0. The van der Waals surface area contributed by atoms with Gasteiger partial charge in [-0.15, -0.1) is 0 Å². The Labute approximate surface area is 126 Å². The van der Waals surface area contributed by atoms with Gasteiger partial charge in [0.2, 0.25) is 0 Å². The molecule has 0 N–H and O–H groups in total. The van der Waals surface area contributed by atoms with Crippen molar-refractivity contribution in [2.45, 2.75) is 47.5 Å². The molecule has 2 rings (SSSR count). The number of likely N-dealkylation sites (N-methyl/N-ethyl adjacent to an activating group) is 1. The summed E-state index contributed by atoms with van der Waals surface area (Å²) in [5.74, 6) is 0.626. The molecular weight excluding hydrogens is 244 g/mol. The number of hydrogen-bond acceptors (Lipinski definition) is 2. The minimum Gasteiger partial charge on any atom is -0.369 e. The molecule has 1 aliphatic rings. The zero-order valence-electron chi connectivity index (χ0n) is 14.6. The maximum atomic E-state index is 2.48. The molecule has 1 heterocycles. The molecular formula is C18H34N2. The third-order valence-electron chi connectivity index (χ3n) is 3.43. The second kappa shape index (κ2) is 10.7. The third kappa shape index (κ3) is 5.96. The summed E-state index contributed by atoms with van der Waals surface area (Å²) < 4.78 is 0. The zero-order chi connectivity index (χ0) is 15.5. The number of hydrogen-bond donors (Lipinski definition) is 0. The van der Waals surface area contributed by atoms with Crippen molar-refractivity contribution >= 4 is 5.69 Å². The molecule has 1 aliphatic heterocycles. The standard InChI is InChI=1S/C14H22N2.2C2H6/c1-12(2)13-4-6-14(7-5-13)16-10-8-15(3)9-11-16;2*1-2/h4-7,12H,8-11H2,1-3H3;2*1-2H3. The monoisotopic (exact) mass is 278 g/mol. The van der Waals surface area contributed by atoms with Crippen LogP contribution in [0.5, 0.6) is 0 Å². The van der Waals surface area contributed by atoms with Crippen LogP contribution in [0, 0.1) is 0 Å². The second-order valence-electron chi connectivity index (χ2n) is 5.04. The molecule has 0 bridgehead atoms. The van der Waals surface area contributed by atoms with Crippen LogP contribution >= 0.6 is 0 Å². The van der Waals surface area contributed by atoms with Crippen LogP contribution in [0.1, 0.15) is 53.0 Å². The number of rotatable bonds is 2. The maximum absolute atomic E-state index is 2.48. The number of piperazine rings is 1. The molecule has 0 unspecified atom stereocenters. The van der Waals surface area contributed by atoms with E-state index in [1.165, 1.54) is 24.3 Å². The van der Waals surface area contributed by atoms with E-state index in [4.69, 9.17) is 0 Å². The quantitative estimate of drug-likeness (QED) is 0.779. The highest BCUT2D eigenvalue weighted by atomic mass is 15.2. The minimum absolute atomic E-state index is 0.626. The van der Waals surface area contributed by atoms with Gasteiger partial charge in [0.1, 0.15) is 0 Å². The predicted octanol–water partition coefficient (Wildman–Crippen LogP) is 4.61.